The van der Waals surface area contributed by atoms with E-state index in [2.05, 4.69) is 16.0 Å². The summed E-state index contributed by atoms with van der Waals surface area (Å²) >= 11 is 0. The first-order chi connectivity index (χ1) is 15.0. The number of phenolic OH excluding ortho intramolecular Hbond substituents is 1. The molecule has 3 amide bonds. The molecule has 178 valence electrons. The van der Waals surface area contributed by atoms with E-state index < -0.39 is 54.5 Å². The number of carbonyl (C=O) groups excluding carboxylic acids is 3. The van der Waals surface area contributed by atoms with Gasteiger partial charge in [-0.1, -0.05) is 32.4 Å². The quantitative estimate of drug-likeness (QED) is 0.207. The van der Waals surface area contributed by atoms with Crippen molar-refractivity contribution in [1.29, 1.82) is 0 Å². The number of carboxylic acid groups (broad SMARTS) is 1. The Kier molecular flexibility index (Phi) is 10.6. The minimum Gasteiger partial charge on any atom is -0.508 e. The van der Waals surface area contributed by atoms with Gasteiger partial charge >= 0.3 is 5.97 Å². The fourth-order valence-corrected chi connectivity index (χ4v) is 2.78. The van der Waals surface area contributed by atoms with E-state index in [1.807, 2.05) is 0 Å². The Morgan fingerprint density at radius 2 is 1.56 bits per heavy atom. The first kappa shape index (κ1) is 26.9. The molecule has 0 aliphatic heterocycles. The van der Waals surface area contributed by atoms with E-state index in [0.717, 1.165) is 0 Å². The SMILES string of the molecule is CCC(C)C(NC(=O)C(Cc1ccc(O)cc1)NC(=O)C(C)NC(=O)C(N)CO)C(=O)O. The van der Waals surface area contributed by atoms with Gasteiger partial charge in [-0.2, -0.15) is 0 Å². The van der Waals surface area contributed by atoms with Crippen molar-refractivity contribution < 1.29 is 34.5 Å². The lowest BCUT2D eigenvalue weighted by molar-refractivity contribution is -0.143. The van der Waals surface area contributed by atoms with Crippen molar-refractivity contribution in [3.63, 3.8) is 0 Å². The van der Waals surface area contributed by atoms with Crippen LogP contribution in [0.4, 0.5) is 0 Å². The van der Waals surface area contributed by atoms with Crippen molar-refractivity contribution in [3.05, 3.63) is 29.8 Å². The molecule has 32 heavy (non-hydrogen) atoms. The molecule has 5 unspecified atom stereocenters. The molecule has 0 aliphatic rings. The maximum atomic E-state index is 12.9. The number of nitrogens with one attached hydrogen (secondary N) is 3. The highest BCUT2D eigenvalue weighted by atomic mass is 16.4. The summed E-state index contributed by atoms with van der Waals surface area (Å²) in [7, 11) is 0. The largest absolute Gasteiger partial charge is 0.508 e. The molecule has 0 saturated heterocycles. The molecule has 1 rings (SSSR count). The first-order valence-corrected chi connectivity index (χ1v) is 10.3. The van der Waals surface area contributed by atoms with Gasteiger partial charge in [-0.3, -0.25) is 14.4 Å². The number of aliphatic carboxylic acids is 1. The minimum absolute atomic E-state index is 0.0154. The summed E-state index contributed by atoms with van der Waals surface area (Å²) in [4.78, 5) is 48.9. The molecule has 0 radical (unpaired) electrons. The molecule has 1 aromatic carbocycles. The Balaban J connectivity index is 3.02. The highest BCUT2D eigenvalue weighted by Crippen LogP contribution is 2.13. The van der Waals surface area contributed by atoms with Crippen LogP contribution in [-0.2, 0) is 25.6 Å². The molecular weight excluding hydrogens is 420 g/mol. The number of aliphatic hydroxyl groups excluding tert-OH is 1. The average molecular weight is 453 g/mol. The van der Waals surface area contributed by atoms with Gasteiger partial charge in [0.2, 0.25) is 17.7 Å². The van der Waals surface area contributed by atoms with Crippen LogP contribution in [-0.4, -0.2) is 69.8 Å². The van der Waals surface area contributed by atoms with Crippen LogP contribution in [0.25, 0.3) is 0 Å². The lowest BCUT2D eigenvalue weighted by Crippen LogP contribution is -2.57. The number of aliphatic hydroxyl groups is 1. The molecule has 0 aliphatic carbocycles. The van der Waals surface area contributed by atoms with Crippen LogP contribution in [0.3, 0.4) is 0 Å². The van der Waals surface area contributed by atoms with E-state index in [1.54, 1.807) is 26.0 Å². The molecule has 0 fully saturated rings. The van der Waals surface area contributed by atoms with Gasteiger partial charge in [0.25, 0.3) is 0 Å². The van der Waals surface area contributed by atoms with Crippen molar-refractivity contribution in [2.75, 3.05) is 6.61 Å². The van der Waals surface area contributed by atoms with Crippen molar-refractivity contribution in [3.8, 4) is 5.75 Å². The monoisotopic (exact) mass is 452 g/mol. The fraction of sp³-hybridized carbons (Fsp3) is 0.524. The van der Waals surface area contributed by atoms with Crippen LogP contribution in [0, 0.1) is 5.92 Å². The summed E-state index contributed by atoms with van der Waals surface area (Å²) in [6.45, 7) is 4.27. The molecule has 8 N–H and O–H groups in total. The van der Waals surface area contributed by atoms with E-state index in [-0.39, 0.29) is 18.1 Å². The van der Waals surface area contributed by atoms with Crippen LogP contribution < -0.4 is 21.7 Å². The predicted molar refractivity (Wildman–Crippen MR) is 115 cm³/mol. The van der Waals surface area contributed by atoms with Gasteiger partial charge in [0, 0.05) is 6.42 Å². The summed E-state index contributed by atoms with van der Waals surface area (Å²) in [6, 6.07) is 1.41. The Labute approximate surface area is 186 Å². The summed E-state index contributed by atoms with van der Waals surface area (Å²) < 4.78 is 0. The standard InChI is InChI=1S/C21H32N4O7/c1-4-11(2)17(21(31)32)25-20(30)16(9-13-5-7-14(27)8-6-13)24-18(28)12(3)23-19(29)15(22)10-26/h5-8,11-12,15-17,26-27H,4,9-10,22H2,1-3H3,(H,23,29)(H,24,28)(H,25,30)(H,31,32). The number of hydrogen-bond donors (Lipinski definition) is 7. The molecule has 11 nitrogen and oxygen atoms in total. The lowest BCUT2D eigenvalue weighted by Gasteiger charge is -2.25. The van der Waals surface area contributed by atoms with E-state index in [0.29, 0.717) is 12.0 Å². The zero-order valence-electron chi connectivity index (χ0n) is 18.4. The van der Waals surface area contributed by atoms with E-state index >= 15 is 0 Å². The number of carboxylic acids is 1. The zero-order chi connectivity index (χ0) is 24.4. The molecule has 11 heteroatoms. The molecule has 0 bridgehead atoms. The van der Waals surface area contributed by atoms with Gasteiger partial charge in [-0.05, 0) is 30.5 Å². The lowest BCUT2D eigenvalue weighted by atomic mass is 9.98. The number of hydrogen-bond acceptors (Lipinski definition) is 7. The number of aromatic hydroxyl groups is 1. The molecule has 0 spiro atoms. The van der Waals surface area contributed by atoms with Crippen molar-refractivity contribution in [2.45, 2.75) is 57.8 Å². The highest BCUT2D eigenvalue weighted by molar-refractivity contribution is 5.94. The van der Waals surface area contributed by atoms with Gasteiger partial charge in [-0.25, -0.2) is 4.79 Å². The molecule has 0 saturated carbocycles. The Hall–Kier alpha value is -3.18. The summed E-state index contributed by atoms with van der Waals surface area (Å²) in [6.07, 6.45) is 0.530. The maximum Gasteiger partial charge on any atom is 0.326 e. The third-order valence-electron chi connectivity index (χ3n) is 5.07. The smallest absolute Gasteiger partial charge is 0.326 e. The second kappa shape index (κ2) is 12.6. The first-order valence-electron chi connectivity index (χ1n) is 10.3. The van der Waals surface area contributed by atoms with E-state index in [1.165, 1.54) is 19.1 Å². The number of nitrogens with two attached hydrogens (primary N) is 1. The Bertz CT molecular complexity index is 800. The molecule has 0 heterocycles. The van der Waals surface area contributed by atoms with Crippen LogP contribution in [0.2, 0.25) is 0 Å². The van der Waals surface area contributed by atoms with Gasteiger partial charge in [0.05, 0.1) is 6.61 Å². The van der Waals surface area contributed by atoms with Crippen LogP contribution >= 0.6 is 0 Å². The molecule has 0 aromatic heterocycles. The molecular formula is C21H32N4O7. The topological polar surface area (TPSA) is 191 Å². The number of carbonyl (C=O) groups is 4. The van der Waals surface area contributed by atoms with Gasteiger partial charge in [0.15, 0.2) is 0 Å². The highest BCUT2D eigenvalue weighted by Gasteiger charge is 2.31. The maximum absolute atomic E-state index is 12.9. The molecule has 1 aromatic rings. The van der Waals surface area contributed by atoms with Crippen molar-refractivity contribution in [2.24, 2.45) is 11.7 Å². The fourth-order valence-electron chi connectivity index (χ4n) is 2.78. The van der Waals surface area contributed by atoms with E-state index in [9.17, 15) is 29.4 Å². The second-order valence-electron chi connectivity index (χ2n) is 7.66. The minimum atomic E-state index is -1.20. The average Bonchev–Trinajstić information content (AvgIpc) is 2.76. The number of phenols is 1. The second-order valence-corrected chi connectivity index (χ2v) is 7.66. The Morgan fingerprint density at radius 3 is 2.06 bits per heavy atom. The normalized spacial score (nSPS) is 15.5. The summed E-state index contributed by atoms with van der Waals surface area (Å²) in [5.41, 5.74) is 6.03. The van der Waals surface area contributed by atoms with Gasteiger partial charge in [-0.15, -0.1) is 0 Å². The number of rotatable bonds is 12. The summed E-state index contributed by atoms with van der Waals surface area (Å²) in [5, 5.41) is 35.2. The number of amides is 3. The predicted octanol–water partition coefficient (Wildman–Crippen LogP) is -1.14. The van der Waals surface area contributed by atoms with Gasteiger partial charge in [0.1, 0.15) is 29.9 Å². The Morgan fingerprint density at radius 1 is 0.969 bits per heavy atom. The van der Waals surface area contributed by atoms with Gasteiger partial charge < -0.3 is 37.0 Å². The zero-order valence-corrected chi connectivity index (χ0v) is 18.4. The summed E-state index contributed by atoms with van der Waals surface area (Å²) in [5.74, 6) is -3.65. The van der Waals surface area contributed by atoms with Crippen LogP contribution in [0.15, 0.2) is 24.3 Å². The van der Waals surface area contributed by atoms with Crippen molar-refractivity contribution >= 4 is 23.7 Å². The van der Waals surface area contributed by atoms with Crippen LogP contribution in [0.1, 0.15) is 32.8 Å². The molecule has 5 atom stereocenters. The van der Waals surface area contributed by atoms with Crippen LogP contribution in [0.5, 0.6) is 5.75 Å². The third kappa shape index (κ3) is 8.16. The van der Waals surface area contributed by atoms with E-state index in [4.69, 9.17) is 10.8 Å². The number of benzene rings is 1. The third-order valence-corrected chi connectivity index (χ3v) is 5.07. The van der Waals surface area contributed by atoms with Crippen molar-refractivity contribution in [1.82, 2.24) is 16.0 Å².